The second kappa shape index (κ2) is 5.92. The van der Waals surface area contributed by atoms with Crippen LogP contribution in [0.4, 0.5) is 0 Å². The van der Waals surface area contributed by atoms with Gasteiger partial charge in [-0.3, -0.25) is 0 Å². The van der Waals surface area contributed by atoms with Crippen molar-refractivity contribution in [3.05, 3.63) is 88.3 Å². The quantitative estimate of drug-likeness (QED) is 0.604. The van der Waals surface area contributed by atoms with Crippen molar-refractivity contribution < 1.29 is 9.15 Å². The molecular formula is C21H17ClN2O2. The van der Waals surface area contributed by atoms with Crippen LogP contribution >= 0.6 is 11.6 Å². The lowest BCUT2D eigenvalue weighted by molar-refractivity contribution is -0.0325. The van der Waals surface area contributed by atoms with Crippen molar-refractivity contribution in [2.24, 2.45) is 5.10 Å². The van der Waals surface area contributed by atoms with Crippen LogP contribution in [0.3, 0.4) is 0 Å². The first kappa shape index (κ1) is 15.5. The third kappa shape index (κ3) is 2.49. The van der Waals surface area contributed by atoms with E-state index < -0.39 is 0 Å². The lowest BCUT2D eigenvalue weighted by Gasteiger charge is -2.36. The summed E-state index contributed by atoms with van der Waals surface area (Å²) in [5, 5.41) is 7.59. The molecule has 0 bridgehead atoms. The monoisotopic (exact) mass is 364 g/mol. The molecule has 3 heterocycles. The molecule has 0 aliphatic carbocycles. The molecular weight excluding hydrogens is 348 g/mol. The fourth-order valence-electron chi connectivity index (χ4n) is 3.60. The molecule has 0 saturated heterocycles. The van der Waals surface area contributed by atoms with Crippen LogP contribution < -0.4 is 4.74 Å². The summed E-state index contributed by atoms with van der Waals surface area (Å²) in [6.07, 6.45) is 2.08. The van der Waals surface area contributed by atoms with E-state index in [-0.39, 0.29) is 12.3 Å². The van der Waals surface area contributed by atoms with E-state index in [2.05, 4.69) is 31.2 Å². The summed E-state index contributed by atoms with van der Waals surface area (Å²) >= 11 is 6.24. The highest BCUT2D eigenvalue weighted by atomic mass is 35.5. The average molecular weight is 365 g/mol. The highest BCUT2D eigenvalue weighted by Gasteiger charge is 2.42. The van der Waals surface area contributed by atoms with E-state index in [1.165, 1.54) is 5.56 Å². The number of fused-ring (bicyclic) bond motifs is 3. The molecule has 0 radical (unpaired) electrons. The maximum absolute atomic E-state index is 6.24. The van der Waals surface area contributed by atoms with Crippen molar-refractivity contribution in [1.29, 1.82) is 0 Å². The summed E-state index contributed by atoms with van der Waals surface area (Å²) in [5.41, 5.74) is 4.47. The molecule has 130 valence electrons. The minimum atomic E-state index is -0.383. The molecule has 0 saturated carbocycles. The van der Waals surface area contributed by atoms with Gasteiger partial charge in [-0.25, -0.2) is 5.01 Å². The smallest absolute Gasteiger partial charge is 0.246 e. The van der Waals surface area contributed by atoms with Gasteiger partial charge in [-0.2, -0.15) is 5.10 Å². The Morgan fingerprint density at radius 2 is 1.96 bits per heavy atom. The molecule has 2 aliphatic heterocycles. The van der Waals surface area contributed by atoms with E-state index >= 15 is 0 Å². The standard InChI is InChI=1S/C21H17ClN2O2/c1-13-4-6-14(7-5-13)17-12-18-16-11-15(22)8-9-19(16)26-21(24(18)23-17)20-3-2-10-25-20/h2-11,18,21H,12H2,1H3. The van der Waals surface area contributed by atoms with E-state index in [1.54, 1.807) is 6.26 Å². The fraction of sp³-hybridized carbons (Fsp3) is 0.190. The normalized spacial score (nSPS) is 21.0. The largest absolute Gasteiger partial charge is 0.463 e. The summed E-state index contributed by atoms with van der Waals surface area (Å²) < 4.78 is 11.8. The zero-order valence-electron chi connectivity index (χ0n) is 14.2. The lowest BCUT2D eigenvalue weighted by Crippen LogP contribution is -2.33. The number of nitrogens with zero attached hydrogens (tertiary/aromatic N) is 2. The van der Waals surface area contributed by atoms with Crippen LogP contribution in [0.5, 0.6) is 5.75 Å². The zero-order valence-corrected chi connectivity index (χ0v) is 15.0. The van der Waals surface area contributed by atoms with Gasteiger partial charge in [-0.15, -0.1) is 0 Å². The van der Waals surface area contributed by atoms with Gasteiger partial charge in [0, 0.05) is 17.0 Å². The van der Waals surface area contributed by atoms with Crippen molar-refractivity contribution in [2.45, 2.75) is 25.6 Å². The van der Waals surface area contributed by atoms with Crippen LogP contribution in [-0.4, -0.2) is 10.7 Å². The molecule has 0 spiro atoms. The van der Waals surface area contributed by atoms with Crippen molar-refractivity contribution in [3.8, 4) is 5.75 Å². The Balaban J connectivity index is 1.60. The molecule has 2 atom stereocenters. The van der Waals surface area contributed by atoms with Gasteiger partial charge >= 0.3 is 0 Å². The number of ether oxygens (including phenoxy) is 1. The molecule has 2 aliphatic rings. The Kier molecular flexibility index (Phi) is 3.54. The first-order valence-electron chi connectivity index (χ1n) is 8.61. The van der Waals surface area contributed by atoms with Gasteiger partial charge in [-0.05, 0) is 42.8 Å². The van der Waals surface area contributed by atoms with Crippen LogP contribution in [0.15, 0.2) is 70.4 Å². The van der Waals surface area contributed by atoms with Crippen LogP contribution in [0.2, 0.25) is 5.02 Å². The molecule has 5 rings (SSSR count). The van der Waals surface area contributed by atoms with Crippen LogP contribution in [0.25, 0.3) is 0 Å². The predicted octanol–water partition coefficient (Wildman–Crippen LogP) is 5.48. The first-order valence-corrected chi connectivity index (χ1v) is 8.99. The van der Waals surface area contributed by atoms with E-state index in [4.69, 9.17) is 25.9 Å². The van der Waals surface area contributed by atoms with Gasteiger partial charge in [-0.1, -0.05) is 41.4 Å². The summed E-state index contributed by atoms with van der Waals surface area (Å²) in [4.78, 5) is 0. The number of aryl methyl sites for hydroxylation is 1. The van der Waals surface area contributed by atoms with E-state index in [0.717, 1.165) is 34.8 Å². The number of halogens is 1. The molecule has 2 unspecified atom stereocenters. The Morgan fingerprint density at radius 1 is 1.12 bits per heavy atom. The summed E-state index contributed by atoms with van der Waals surface area (Å²) in [6.45, 7) is 2.09. The number of hydrogen-bond acceptors (Lipinski definition) is 4. The number of rotatable bonds is 2. The van der Waals surface area contributed by atoms with Crippen LogP contribution in [0.1, 0.15) is 41.1 Å². The molecule has 0 amide bonds. The fourth-order valence-corrected chi connectivity index (χ4v) is 3.78. The number of hydrazone groups is 1. The van der Waals surface area contributed by atoms with Crippen molar-refractivity contribution in [2.75, 3.05) is 0 Å². The van der Waals surface area contributed by atoms with Gasteiger partial charge in [0.2, 0.25) is 6.23 Å². The summed E-state index contributed by atoms with van der Waals surface area (Å²) in [7, 11) is 0. The highest BCUT2D eigenvalue weighted by molar-refractivity contribution is 6.30. The second-order valence-electron chi connectivity index (χ2n) is 6.68. The average Bonchev–Trinajstić information content (AvgIpc) is 3.32. The van der Waals surface area contributed by atoms with Crippen LogP contribution in [-0.2, 0) is 0 Å². The molecule has 26 heavy (non-hydrogen) atoms. The minimum Gasteiger partial charge on any atom is -0.463 e. The third-order valence-corrected chi connectivity index (χ3v) is 5.16. The lowest BCUT2D eigenvalue weighted by atomic mass is 9.96. The van der Waals surface area contributed by atoms with Gasteiger partial charge in [0.25, 0.3) is 0 Å². The van der Waals surface area contributed by atoms with E-state index in [0.29, 0.717) is 5.02 Å². The molecule has 4 nitrogen and oxygen atoms in total. The summed E-state index contributed by atoms with van der Waals surface area (Å²) in [6, 6.07) is 18.1. The van der Waals surface area contributed by atoms with E-state index in [9.17, 15) is 0 Å². The summed E-state index contributed by atoms with van der Waals surface area (Å²) in [5.74, 6) is 1.57. The number of benzene rings is 2. The SMILES string of the molecule is Cc1ccc(C2=NN3C(C2)c2cc(Cl)ccc2OC3c2ccco2)cc1. The van der Waals surface area contributed by atoms with E-state index in [1.807, 2.05) is 35.3 Å². The van der Waals surface area contributed by atoms with Crippen LogP contribution in [0, 0.1) is 6.92 Å². The first-order chi connectivity index (χ1) is 12.7. The Hall–Kier alpha value is -2.72. The topological polar surface area (TPSA) is 38.0 Å². The molecule has 3 aromatic rings. The molecule has 5 heteroatoms. The van der Waals surface area contributed by atoms with Crippen molar-refractivity contribution in [3.63, 3.8) is 0 Å². The third-order valence-electron chi connectivity index (χ3n) is 4.92. The maximum Gasteiger partial charge on any atom is 0.246 e. The molecule has 0 N–H and O–H groups in total. The maximum atomic E-state index is 6.24. The molecule has 0 fully saturated rings. The van der Waals surface area contributed by atoms with Crippen molar-refractivity contribution >= 4 is 17.3 Å². The number of furan rings is 1. The Bertz CT molecular complexity index is 980. The highest BCUT2D eigenvalue weighted by Crippen LogP contribution is 2.48. The van der Waals surface area contributed by atoms with Gasteiger partial charge in [0.05, 0.1) is 18.0 Å². The zero-order chi connectivity index (χ0) is 17.7. The van der Waals surface area contributed by atoms with Gasteiger partial charge in [0.1, 0.15) is 5.75 Å². The van der Waals surface area contributed by atoms with Gasteiger partial charge in [0.15, 0.2) is 5.76 Å². The van der Waals surface area contributed by atoms with Gasteiger partial charge < -0.3 is 9.15 Å². The molecule has 2 aromatic carbocycles. The predicted molar refractivity (Wildman–Crippen MR) is 100 cm³/mol. The van der Waals surface area contributed by atoms with Crippen molar-refractivity contribution in [1.82, 2.24) is 5.01 Å². The Morgan fingerprint density at radius 3 is 2.73 bits per heavy atom. The molecule has 1 aromatic heterocycles. The Labute approximate surface area is 156 Å². The second-order valence-corrected chi connectivity index (χ2v) is 7.12. The number of hydrogen-bond donors (Lipinski definition) is 0. The minimum absolute atomic E-state index is 0.0730.